The molecule has 0 saturated heterocycles. The second-order valence-electron chi connectivity index (χ2n) is 4.52. The Hall–Kier alpha value is -2.45. The van der Waals surface area contributed by atoms with E-state index in [1.807, 2.05) is 0 Å². The summed E-state index contributed by atoms with van der Waals surface area (Å²) in [5.74, 6) is 10.5. The summed E-state index contributed by atoms with van der Waals surface area (Å²) >= 11 is 5.95. The van der Waals surface area contributed by atoms with Crippen LogP contribution in [0.4, 0.5) is 8.78 Å². The lowest BCUT2D eigenvalue weighted by Crippen LogP contribution is -2.29. The number of hydrogen-bond acceptors (Lipinski definition) is 5. The van der Waals surface area contributed by atoms with E-state index in [9.17, 15) is 8.78 Å². The van der Waals surface area contributed by atoms with Gasteiger partial charge >= 0.3 is 6.61 Å². The van der Waals surface area contributed by atoms with Crippen LogP contribution in [0.15, 0.2) is 41.6 Å². The number of hydrazine groups is 1. The Bertz CT molecular complexity index is 699. The van der Waals surface area contributed by atoms with Crippen LogP contribution in [-0.2, 0) is 6.54 Å². The van der Waals surface area contributed by atoms with E-state index in [0.717, 1.165) is 0 Å². The van der Waals surface area contributed by atoms with E-state index >= 15 is 0 Å². The molecule has 0 spiro atoms. The van der Waals surface area contributed by atoms with Crippen LogP contribution in [0.1, 0.15) is 5.56 Å². The summed E-state index contributed by atoms with van der Waals surface area (Å²) < 4.78 is 29.6. The maximum atomic E-state index is 12.6. The molecule has 4 N–H and O–H groups in total. The molecule has 0 fully saturated rings. The summed E-state index contributed by atoms with van der Waals surface area (Å²) in [6.07, 6.45) is 2.61. The molecule has 0 saturated carbocycles. The topological polar surface area (TPSA) is 89.8 Å². The first kappa shape index (κ1) is 16.9. The standard InChI is InChI=1S/C14H14ClF2N5O/c15-11-3-1-2-10(5-11)12-4-9(7-22(19)8-21-18)6-20-13(12)23-14(16)17/h1-6,8,14H,7,18-19H2/b21-8-. The summed E-state index contributed by atoms with van der Waals surface area (Å²) in [4.78, 5) is 3.93. The first-order valence-electron chi connectivity index (χ1n) is 6.44. The Morgan fingerprint density at radius 3 is 2.83 bits per heavy atom. The van der Waals surface area contributed by atoms with Crippen molar-refractivity contribution in [3.8, 4) is 17.0 Å². The molecule has 0 aliphatic carbocycles. The van der Waals surface area contributed by atoms with Gasteiger partial charge in [-0.15, -0.1) is 0 Å². The Labute approximate surface area is 136 Å². The molecule has 0 amide bonds. The number of ether oxygens (including phenoxy) is 1. The Balaban J connectivity index is 2.42. The molecule has 0 atom stereocenters. The van der Waals surface area contributed by atoms with Crippen molar-refractivity contribution in [2.24, 2.45) is 16.8 Å². The number of benzene rings is 1. The zero-order chi connectivity index (χ0) is 16.8. The first-order valence-corrected chi connectivity index (χ1v) is 6.81. The molecule has 0 aliphatic heterocycles. The first-order chi connectivity index (χ1) is 11.0. The summed E-state index contributed by atoms with van der Waals surface area (Å²) in [6.45, 7) is -2.75. The van der Waals surface area contributed by atoms with Crippen molar-refractivity contribution in [2.45, 2.75) is 13.2 Å². The lowest BCUT2D eigenvalue weighted by Gasteiger charge is -2.15. The molecule has 1 aromatic heterocycles. The number of hydrogen-bond donors (Lipinski definition) is 2. The molecule has 2 aromatic rings. The van der Waals surface area contributed by atoms with Crippen LogP contribution >= 0.6 is 11.6 Å². The van der Waals surface area contributed by atoms with E-state index in [2.05, 4.69) is 14.8 Å². The molecule has 0 bridgehead atoms. The smallest absolute Gasteiger partial charge is 0.388 e. The molecule has 2 rings (SSSR count). The number of rotatable bonds is 6. The zero-order valence-electron chi connectivity index (χ0n) is 11.9. The van der Waals surface area contributed by atoms with Gasteiger partial charge in [0, 0.05) is 16.8 Å². The van der Waals surface area contributed by atoms with Crippen LogP contribution in [-0.4, -0.2) is 22.9 Å². The number of pyridine rings is 1. The molecule has 1 heterocycles. The Morgan fingerprint density at radius 2 is 2.17 bits per heavy atom. The molecule has 122 valence electrons. The number of nitrogens with zero attached hydrogens (tertiary/aromatic N) is 3. The van der Waals surface area contributed by atoms with E-state index in [1.165, 1.54) is 17.5 Å². The van der Waals surface area contributed by atoms with Crippen molar-refractivity contribution in [3.05, 3.63) is 47.1 Å². The van der Waals surface area contributed by atoms with Gasteiger partial charge in [-0.2, -0.15) is 13.9 Å². The normalized spacial score (nSPS) is 11.2. The summed E-state index contributed by atoms with van der Waals surface area (Å²) in [7, 11) is 0. The molecule has 1 aromatic carbocycles. The predicted molar refractivity (Wildman–Crippen MR) is 83.7 cm³/mol. The zero-order valence-corrected chi connectivity index (χ0v) is 12.6. The van der Waals surface area contributed by atoms with Crippen LogP contribution in [0.25, 0.3) is 11.1 Å². The molecular weight excluding hydrogens is 328 g/mol. The largest absolute Gasteiger partial charge is 0.416 e. The van der Waals surface area contributed by atoms with Crippen LogP contribution in [0, 0.1) is 0 Å². The second-order valence-corrected chi connectivity index (χ2v) is 4.96. The van der Waals surface area contributed by atoms with Crippen LogP contribution in [0.2, 0.25) is 5.02 Å². The molecule has 9 heteroatoms. The molecule has 23 heavy (non-hydrogen) atoms. The van der Waals surface area contributed by atoms with E-state index in [0.29, 0.717) is 21.7 Å². The molecule has 0 unspecified atom stereocenters. The van der Waals surface area contributed by atoms with Gasteiger partial charge in [0.1, 0.15) is 6.34 Å². The van der Waals surface area contributed by atoms with Crippen molar-refractivity contribution in [1.82, 2.24) is 9.99 Å². The second kappa shape index (κ2) is 7.70. The van der Waals surface area contributed by atoms with Gasteiger partial charge in [-0.3, -0.25) is 5.01 Å². The highest BCUT2D eigenvalue weighted by atomic mass is 35.5. The minimum Gasteiger partial charge on any atom is -0.416 e. The van der Waals surface area contributed by atoms with Gasteiger partial charge in [-0.05, 0) is 29.3 Å². The molecular formula is C14H14ClF2N5O. The van der Waals surface area contributed by atoms with Gasteiger partial charge in [0.05, 0.1) is 6.54 Å². The average Bonchev–Trinajstić information content (AvgIpc) is 2.48. The fourth-order valence-electron chi connectivity index (χ4n) is 1.96. The highest BCUT2D eigenvalue weighted by Gasteiger charge is 2.14. The third-order valence-electron chi connectivity index (χ3n) is 2.82. The van der Waals surface area contributed by atoms with Crippen LogP contribution in [0.5, 0.6) is 5.88 Å². The van der Waals surface area contributed by atoms with E-state index in [4.69, 9.17) is 23.3 Å². The summed E-state index contributed by atoms with van der Waals surface area (Å²) in [5.41, 5.74) is 1.63. The fraction of sp³-hybridized carbons (Fsp3) is 0.143. The maximum Gasteiger partial charge on any atom is 0.388 e. The van der Waals surface area contributed by atoms with Gasteiger partial charge in [0.15, 0.2) is 0 Å². The van der Waals surface area contributed by atoms with Crippen molar-refractivity contribution in [2.75, 3.05) is 0 Å². The number of halogens is 3. The monoisotopic (exact) mass is 341 g/mol. The minimum absolute atomic E-state index is 0.193. The van der Waals surface area contributed by atoms with Crippen molar-refractivity contribution in [3.63, 3.8) is 0 Å². The van der Waals surface area contributed by atoms with Gasteiger partial charge in [0.25, 0.3) is 0 Å². The molecule has 6 nitrogen and oxygen atoms in total. The predicted octanol–water partition coefficient (Wildman–Crippen LogP) is 2.58. The summed E-state index contributed by atoms with van der Waals surface area (Å²) in [6, 6.07) is 8.36. The van der Waals surface area contributed by atoms with Gasteiger partial charge in [-0.1, -0.05) is 23.7 Å². The fourth-order valence-corrected chi connectivity index (χ4v) is 2.15. The minimum atomic E-state index is -2.98. The number of hydrazone groups is 1. The molecule has 0 radical (unpaired) electrons. The van der Waals surface area contributed by atoms with Gasteiger partial charge in [-0.25, -0.2) is 10.8 Å². The molecule has 0 aliphatic rings. The van der Waals surface area contributed by atoms with E-state index in [1.54, 1.807) is 30.3 Å². The van der Waals surface area contributed by atoms with Gasteiger partial charge < -0.3 is 10.6 Å². The Morgan fingerprint density at radius 1 is 1.39 bits per heavy atom. The lowest BCUT2D eigenvalue weighted by molar-refractivity contribution is -0.0524. The van der Waals surface area contributed by atoms with Crippen molar-refractivity contribution in [1.29, 1.82) is 0 Å². The van der Waals surface area contributed by atoms with Crippen LogP contribution < -0.4 is 16.4 Å². The highest BCUT2D eigenvalue weighted by molar-refractivity contribution is 6.30. The quantitative estimate of drug-likeness (QED) is 0.365. The van der Waals surface area contributed by atoms with Crippen LogP contribution in [0.3, 0.4) is 0 Å². The van der Waals surface area contributed by atoms with Crippen molar-refractivity contribution >= 4 is 17.9 Å². The van der Waals surface area contributed by atoms with E-state index < -0.39 is 6.61 Å². The third kappa shape index (κ3) is 4.76. The lowest BCUT2D eigenvalue weighted by atomic mass is 10.1. The average molecular weight is 342 g/mol. The maximum absolute atomic E-state index is 12.6. The van der Waals surface area contributed by atoms with E-state index in [-0.39, 0.29) is 12.4 Å². The van der Waals surface area contributed by atoms with Gasteiger partial charge in [0.2, 0.25) is 5.88 Å². The Kier molecular flexibility index (Phi) is 5.67. The number of nitrogens with two attached hydrogens (primary N) is 2. The number of alkyl halides is 2. The number of aromatic nitrogens is 1. The highest BCUT2D eigenvalue weighted by Crippen LogP contribution is 2.31. The SMILES string of the molecule is N/N=C\N(N)Cc1cnc(OC(F)F)c(-c2cccc(Cl)c2)c1. The summed E-state index contributed by atoms with van der Waals surface area (Å²) in [5, 5.41) is 4.99. The van der Waals surface area contributed by atoms with Crippen molar-refractivity contribution < 1.29 is 13.5 Å². The third-order valence-corrected chi connectivity index (χ3v) is 3.06.